The van der Waals surface area contributed by atoms with E-state index in [1.54, 1.807) is 31.8 Å². The number of rotatable bonds is 5. The normalized spacial score (nSPS) is 12.8. The van der Waals surface area contributed by atoms with E-state index in [0.29, 0.717) is 0 Å². The number of ether oxygens (including phenoxy) is 2. The van der Waals surface area contributed by atoms with Crippen LogP contribution in [0, 0.1) is 0 Å². The minimum Gasteiger partial charge on any atom is -0.497 e. The minimum atomic E-state index is 0.759. The Morgan fingerprint density at radius 3 is 2.72 bits per heavy atom. The standard InChI is InChI=1S/C21H19N5O2S/c1-27-14-3-4-18(19(13-14)28-2)25-10-6-15-17(5-8-22-20(15)25)26-11-7-16(24-26)21-23-9-12-29-21/h3-5,7-9,11-13H,6,10H2,1-2H3. The van der Waals surface area contributed by atoms with Crippen LogP contribution in [0.3, 0.4) is 0 Å². The number of hydrogen-bond donors (Lipinski definition) is 0. The first-order valence-corrected chi connectivity index (χ1v) is 10.1. The highest BCUT2D eigenvalue weighted by Crippen LogP contribution is 2.41. The van der Waals surface area contributed by atoms with Crippen molar-refractivity contribution < 1.29 is 9.47 Å². The molecule has 0 saturated heterocycles. The number of methoxy groups -OCH3 is 2. The van der Waals surface area contributed by atoms with Gasteiger partial charge in [0.1, 0.15) is 28.0 Å². The van der Waals surface area contributed by atoms with E-state index in [1.165, 1.54) is 5.56 Å². The molecule has 0 atom stereocenters. The van der Waals surface area contributed by atoms with Gasteiger partial charge < -0.3 is 14.4 Å². The average molecular weight is 405 g/mol. The Morgan fingerprint density at radius 1 is 1.00 bits per heavy atom. The third kappa shape index (κ3) is 3.01. The molecule has 0 bridgehead atoms. The van der Waals surface area contributed by atoms with Gasteiger partial charge in [-0.3, -0.25) is 0 Å². The highest BCUT2D eigenvalue weighted by molar-refractivity contribution is 7.13. The molecule has 3 aromatic heterocycles. The highest BCUT2D eigenvalue weighted by Gasteiger charge is 2.27. The Hall–Kier alpha value is -3.39. The molecule has 29 heavy (non-hydrogen) atoms. The molecule has 0 radical (unpaired) electrons. The summed E-state index contributed by atoms with van der Waals surface area (Å²) >= 11 is 1.58. The molecular weight excluding hydrogens is 386 g/mol. The number of aromatic nitrogens is 4. The number of pyridine rings is 1. The molecule has 1 aliphatic heterocycles. The van der Waals surface area contributed by atoms with E-state index in [9.17, 15) is 0 Å². The Balaban J connectivity index is 1.54. The van der Waals surface area contributed by atoms with E-state index < -0.39 is 0 Å². The van der Waals surface area contributed by atoms with Crippen LogP contribution in [0.25, 0.3) is 16.4 Å². The van der Waals surface area contributed by atoms with Gasteiger partial charge in [0.05, 0.1) is 25.6 Å². The quantitative estimate of drug-likeness (QED) is 0.498. The summed E-state index contributed by atoms with van der Waals surface area (Å²) in [5.41, 5.74) is 4.05. The molecule has 0 unspecified atom stereocenters. The molecule has 4 heterocycles. The zero-order valence-corrected chi connectivity index (χ0v) is 16.9. The molecule has 4 aromatic rings. The van der Waals surface area contributed by atoms with Gasteiger partial charge in [0.25, 0.3) is 0 Å². The second-order valence-electron chi connectivity index (χ2n) is 6.55. The number of anilines is 2. The van der Waals surface area contributed by atoms with E-state index in [2.05, 4.69) is 14.9 Å². The topological polar surface area (TPSA) is 65.3 Å². The fraction of sp³-hybridized carbons (Fsp3) is 0.190. The highest BCUT2D eigenvalue weighted by atomic mass is 32.1. The number of thiazole rings is 1. The molecule has 0 amide bonds. The lowest BCUT2D eigenvalue weighted by molar-refractivity contribution is 0.395. The lowest BCUT2D eigenvalue weighted by atomic mass is 10.2. The molecule has 0 N–H and O–H groups in total. The SMILES string of the molecule is COc1ccc(N2CCc3c(-n4ccc(-c5nccs5)n4)ccnc32)c(OC)c1. The van der Waals surface area contributed by atoms with Gasteiger partial charge in [-0.05, 0) is 30.7 Å². The molecule has 0 spiro atoms. The van der Waals surface area contributed by atoms with Crippen molar-refractivity contribution in [2.45, 2.75) is 6.42 Å². The maximum atomic E-state index is 5.60. The van der Waals surface area contributed by atoms with E-state index in [-0.39, 0.29) is 0 Å². The predicted molar refractivity (Wildman–Crippen MR) is 113 cm³/mol. The van der Waals surface area contributed by atoms with E-state index in [1.807, 2.05) is 52.8 Å². The third-order valence-electron chi connectivity index (χ3n) is 5.01. The average Bonchev–Trinajstić information content (AvgIpc) is 3.53. The molecule has 146 valence electrons. The fourth-order valence-corrected chi connectivity index (χ4v) is 4.25. The van der Waals surface area contributed by atoms with Crippen LogP contribution in [-0.4, -0.2) is 40.5 Å². The van der Waals surface area contributed by atoms with Crippen molar-refractivity contribution in [2.75, 3.05) is 25.7 Å². The Morgan fingerprint density at radius 2 is 1.93 bits per heavy atom. The van der Waals surface area contributed by atoms with Gasteiger partial charge in [0, 0.05) is 42.1 Å². The molecule has 8 heteroatoms. The molecule has 0 fully saturated rings. The first-order chi connectivity index (χ1) is 14.3. The van der Waals surface area contributed by atoms with E-state index in [4.69, 9.17) is 14.6 Å². The van der Waals surface area contributed by atoms with Crippen LogP contribution < -0.4 is 14.4 Å². The Bertz CT molecular complexity index is 1160. The second-order valence-corrected chi connectivity index (χ2v) is 7.45. The van der Waals surface area contributed by atoms with Crippen molar-refractivity contribution in [3.8, 4) is 27.9 Å². The summed E-state index contributed by atoms with van der Waals surface area (Å²) in [6, 6.07) is 9.84. The number of nitrogens with zero attached hydrogens (tertiary/aromatic N) is 5. The van der Waals surface area contributed by atoms with Crippen molar-refractivity contribution in [3.63, 3.8) is 0 Å². The minimum absolute atomic E-state index is 0.759. The molecule has 0 aliphatic carbocycles. The number of benzene rings is 1. The van der Waals surface area contributed by atoms with Gasteiger partial charge in [-0.15, -0.1) is 11.3 Å². The monoisotopic (exact) mass is 405 g/mol. The molecule has 1 aromatic carbocycles. The Kier molecular flexibility index (Phi) is 4.40. The van der Waals surface area contributed by atoms with Crippen LogP contribution in [0.1, 0.15) is 5.56 Å². The summed E-state index contributed by atoms with van der Waals surface area (Å²) in [7, 11) is 3.32. The zero-order valence-electron chi connectivity index (χ0n) is 16.1. The second kappa shape index (κ2) is 7.21. The molecular formula is C21H19N5O2S. The van der Waals surface area contributed by atoms with Crippen molar-refractivity contribution in [1.29, 1.82) is 0 Å². The lowest BCUT2D eigenvalue weighted by Gasteiger charge is -2.21. The number of hydrogen-bond acceptors (Lipinski definition) is 7. The fourth-order valence-electron chi connectivity index (χ4n) is 3.65. The van der Waals surface area contributed by atoms with Crippen LogP contribution in [0.15, 0.2) is 54.3 Å². The molecule has 1 aliphatic rings. The van der Waals surface area contributed by atoms with Crippen LogP contribution in [0.5, 0.6) is 11.5 Å². The molecule has 7 nitrogen and oxygen atoms in total. The number of fused-ring (bicyclic) bond motifs is 1. The summed E-state index contributed by atoms with van der Waals surface area (Å²) in [5, 5.41) is 7.60. The first kappa shape index (κ1) is 17.7. The van der Waals surface area contributed by atoms with E-state index in [0.717, 1.165) is 52.4 Å². The maximum absolute atomic E-state index is 5.60. The van der Waals surface area contributed by atoms with Crippen LogP contribution in [0.2, 0.25) is 0 Å². The van der Waals surface area contributed by atoms with Crippen molar-refractivity contribution in [2.24, 2.45) is 0 Å². The largest absolute Gasteiger partial charge is 0.497 e. The van der Waals surface area contributed by atoms with Gasteiger partial charge in [-0.1, -0.05) is 0 Å². The Labute approximate surface area is 172 Å². The van der Waals surface area contributed by atoms with Crippen LogP contribution >= 0.6 is 11.3 Å². The van der Waals surface area contributed by atoms with Crippen LogP contribution in [0.4, 0.5) is 11.5 Å². The summed E-state index contributed by atoms with van der Waals surface area (Å²) in [6.07, 6.45) is 6.47. The van der Waals surface area contributed by atoms with Crippen molar-refractivity contribution >= 4 is 22.8 Å². The van der Waals surface area contributed by atoms with E-state index >= 15 is 0 Å². The van der Waals surface area contributed by atoms with Gasteiger partial charge in [0.15, 0.2) is 0 Å². The van der Waals surface area contributed by atoms with Crippen molar-refractivity contribution in [3.05, 3.63) is 59.9 Å². The summed E-state index contributed by atoms with van der Waals surface area (Å²) in [4.78, 5) is 11.2. The summed E-state index contributed by atoms with van der Waals surface area (Å²) in [5.74, 6) is 2.45. The van der Waals surface area contributed by atoms with Gasteiger partial charge >= 0.3 is 0 Å². The summed E-state index contributed by atoms with van der Waals surface area (Å²) in [6.45, 7) is 0.822. The van der Waals surface area contributed by atoms with Crippen LogP contribution in [-0.2, 0) is 6.42 Å². The smallest absolute Gasteiger partial charge is 0.146 e. The molecule has 0 saturated carbocycles. The van der Waals surface area contributed by atoms with Gasteiger partial charge in [0.2, 0.25) is 0 Å². The molecule has 5 rings (SSSR count). The first-order valence-electron chi connectivity index (χ1n) is 9.22. The lowest BCUT2D eigenvalue weighted by Crippen LogP contribution is -2.15. The van der Waals surface area contributed by atoms with Gasteiger partial charge in [-0.2, -0.15) is 5.10 Å². The predicted octanol–water partition coefficient (Wildman–Crippen LogP) is 4.10. The zero-order chi connectivity index (χ0) is 19.8. The maximum Gasteiger partial charge on any atom is 0.146 e. The van der Waals surface area contributed by atoms with Crippen molar-refractivity contribution in [1.82, 2.24) is 19.7 Å². The van der Waals surface area contributed by atoms with Gasteiger partial charge in [-0.25, -0.2) is 14.6 Å². The summed E-state index contributed by atoms with van der Waals surface area (Å²) < 4.78 is 12.8. The third-order valence-corrected chi connectivity index (χ3v) is 5.81.